The number of benzene rings is 1. The lowest BCUT2D eigenvalue weighted by atomic mass is 10.2. The SMILES string of the molecule is Cc1cc(C)n(-c2nc3c(C)cccc3[nH]2)n1. The third-order valence-corrected chi connectivity index (χ3v) is 2.91. The minimum absolute atomic E-state index is 0.778. The number of aromatic nitrogens is 4. The van der Waals surface area contributed by atoms with Crippen LogP contribution in [0.3, 0.4) is 0 Å². The molecule has 0 bridgehead atoms. The standard InChI is InChI=1S/C13H14N4/c1-8-5-4-6-11-12(8)15-13(14-11)17-10(3)7-9(2)16-17/h4-7H,1-3H3,(H,14,15). The number of aromatic amines is 1. The summed E-state index contributed by atoms with van der Waals surface area (Å²) < 4.78 is 1.84. The maximum atomic E-state index is 4.60. The van der Waals surface area contributed by atoms with Crippen LogP contribution in [0, 0.1) is 20.8 Å². The summed E-state index contributed by atoms with van der Waals surface area (Å²) >= 11 is 0. The van der Waals surface area contributed by atoms with E-state index in [1.54, 1.807) is 0 Å². The van der Waals surface area contributed by atoms with Crippen LogP contribution in [0.5, 0.6) is 0 Å². The van der Waals surface area contributed by atoms with Crippen LogP contribution in [0.1, 0.15) is 17.0 Å². The molecule has 3 aromatic rings. The van der Waals surface area contributed by atoms with Gasteiger partial charge in [-0.25, -0.2) is 9.67 Å². The van der Waals surface area contributed by atoms with Crippen molar-refractivity contribution in [3.63, 3.8) is 0 Å². The van der Waals surface area contributed by atoms with E-state index in [9.17, 15) is 0 Å². The van der Waals surface area contributed by atoms with Gasteiger partial charge < -0.3 is 4.98 Å². The Hall–Kier alpha value is -2.10. The first kappa shape index (κ1) is 10.1. The zero-order valence-corrected chi connectivity index (χ0v) is 10.2. The fourth-order valence-electron chi connectivity index (χ4n) is 2.11. The Balaban J connectivity index is 2.25. The molecule has 1 N–H and O–H groups in total. The van der Waals surface area contributed by atoms with E-state index < -0.39 is 0 Å². The number of hydrogen-bond acceptors (Lipinski definition) is 2. The van der Waals surface area contributed by atoms with Crippen molar-refractivity contribution in [2.45, 2.75) is 20.8 Å². The molecule has 0 aliphatic rings. The highest BCUT2D eigenvalue weighted by Gasteiger charge is 2.09. The van der Waals surface area contributed by atoms with Gasteiger partial charge in [0.2, 0.25) is 5.95 Å². The number of H-pyrrole nitrogens is 1. The molecule has 0 spiro atoms. The quantitative estimate of drug-likeness (QED) is 0.693. The first-order valence-corrected chi connectivity index (χ1v) is 5.64. The number of imidazole rings is 1. The van der Waals surface area contributed by atoms with Crippen molar-refractivity contribution in [2.24, 2.45) is 0 Å². The molecule has 0 saturated heterocycles. The second-order valence-electron chi connectivity index (χ2n) is 4.37. The van der Waals surface area contributed by atoms with Gasteiger partial charge in [0, 0.05) is 5.69 Å². The number of aryl methyl sites for hydroxylation is 3. The maximum Gasteiger partial charge on any atom is 0.229 e. The van der Waals surface area contributed by atoms with Crippen LogP contribution in [-0.2, 0) is 0 Å². The summed E-state index contributed by atoms with van der Waals surface area (Å²) in [5.41, 5.74) is 5.31. The number of nitrogens with zero attached hydrogens (tertiary/aromatic N) is 3. The molecule has 4 heteroatoms. The number of nitrogens with one attached hydrogen (secondary N) is 1. The van der Waals surface area contributed by atoms with E-state index in [1.165, 1.54) is 5.56 Å². The highest BCUT2D eigenvalue weighted by Crippen LogP contribution is 2.18. The Labute approximate surface area is 99.3 Å². The predicted octanol–water partition coefficient (Wildman–Crippen LogP) is 2.67. The van der Waals surface area contributed by atoms with Crippen molar-refractivity contribution in [2.75, 3.05) is 0 Å². The predicted molar refractivity (Wildman–Crippen MR) is 67.4 cm³/mol. The lowest BCUT2D eigenvalue weighted by molar-refractivity contribution is 0.790. The molecule has 4 nitrogen and oxygen atoms in total. The number of para-hydroxylation sites is 1. The third kappa shape index (κ3) is 1.53. The largest absolute Gasteiger partial charge is 0.322 e. The molecule has 3 rings (SSSR count). The fourth-order valence-corrected chi connectivity index (χ4v) is 2.11. The number of fused-ring (bicyclic) bond motifs is 1. The molecule has 2 heterocycles. The van der Waals surface area contributed by atoms with E-state index in [0.717, 1.165) is 28.4 Å². The van der Waals surface area contributed by atoms with Crippen molar-refractivity contribution in [3.05, 3.63) is 41.2 Å². The summed E-state index contributed by atoms with van der Waals surface area (Å²) in [6.45, 7) is 6.07. The minimum atomic E-state index is 0.778. The fraction of sp³-hybridized carbons (Fsp3) is 0.231. The lowest BCUT2D eigenvalue weighted by Crippen LogP contribution is -2.00. The summed E-state index contributed by atoms with van der Waals surface area (Å²) in [5, 5.41) is 4.43. The maximum absolute atomic E-state index is 4.60. The van der Waals surface area contributed by atoms with E-state index in [1.807, 2.05) is 36.7 Å². The van der Waals surface area contributed by atoms with Gasteiger partial charge in [0.05, 0.1) is 16.7 Å². The van der Waals surface area contributed by atoms with Crippen molar-refractivity contribution in [3.8, 4) is 5.95 Å². The van der Waals surface area contributed by atoms with Crippen LogP contribution >= 0.6 is 0 Å². The lowest BCUT2D eigenvalue weighted by Gasteiger charge is -1.97. The van der Waals surface area contributed by atoms with Crippen molar-refractivity contribution >= 4 is 11.0 Å². The van der Waals surface area contributed by atoms with Gasteiger partial charge in [0.25, 0.3) is 0 Å². The van der Waals surface area contributed by atoms with Gasteiger partial charge in [-0.3, -0.25) is 0 Å². The zero-order chi connectivity index (χ0) is 12.0. The van der Waals surface area contributed by atoms with Gasteiger partial charge in [-0.05, 0) is 38.5 Å². The Morgan fingerprint density at radius 1 is 1.18 bits per heavy atom. The summed E-state index contributed by atoms with van der Waals surface area (Å²) in [7, 11) is 0. The Bertz CT molecular complexity index is 691. The van der Waals surface area contributed by atoms with E-state index >= 15 is 0 Å². The summed E-state index contributed by atoms with van der Waals surface area (Å²) in [4.78, 5) is 7.90. The molecular formula is C13H14N4. The van der Waals surface area contributed by atoms with Gasteiger partial charge in [0.1, 0.15) is 0 Å². The van der Waals surface area contributed by atoms with E-state index in [0.29, 0.717) is 0 Å². The molecule has 0 unspecified atom stereocenters. The summed E-state index contributed by atoms with van der Waals surface area (Å²) in [6.07, 6.45) is 0. The molecular weight excluding hydrogens is 212 g/mol. The molecule has 2 aromatic heterocycles. The molecule has 1 aromatic carbocycles. The van der Waals surface area contributed by atoms with Crippen LogP contribution in [0.15, 0.2) is 24.3 Å². The molecule has 0 amide bonds. The van der Waals surface area contributed by atoms with E-state index in [4.69, 9.17) is 0 Å². The van der Waals surface area contributed by atoms with Crippen LogP contribution in [0.4, 0.5) is 0 Å². The normalized spacial score (nSPS) is 11.2. The molecule has 17 heavy (non-hydrogen) atoms. The summed E-state index contributed by atoms with van der Waals surface area (Å²) in [6, 6.07) is 8.17. The van der Waals surface area contributed by atoms with Crippen molar-refractivity contribution in [1.29, 1.82) is 0 Å². The van der Waals surface area contributed by atoms with Crippen LogP contribution in [0.2, 0.25) is 0 Å². The molecule has 0 aliphatic carbocycles. The van der Waals surface area contributed by atoms with Crippen LogP contribution in [-0.4, -0.2) is 19.7 Å². The van der Waals surface area contributed by atoms with Gasteiger partial charge in [-0.1, -0.05) is 12.1 Å². The molecule has 0 aliphatic heterocycles. The second-order valence-corrected chi connectivity index (χ2v) is 4.37. The van der Waals surface area contributed by atoms with Gasteiger partial charge >= 0.3 is 0 Å². The topological polar surface area (TPSA) is 46.5 Å². The van der Waals surface area contributed by atoms with Gasteiger partial charge in [0.15, 0.2) is 0 Å². The Kier molecular flexibility index (Phi) is 2.04. The van der Waals surface area contributed by atoms with Crippen molar-refractivity contribution < 1.29 is 0 Å². The second kappa shape index (κ2) is 3.45. The smallest absolute Gasteiger partial charge is 0.229 e. The monoisotopic (exact) mass is 226 g/mol. The highest BCUT2D eigenvalue weighted by molar-refractivity contribution is 5.79. The van der Waals surface area contributed by atoms with Gasteiger partial charge in [-0.15, -0.1) is 0 Å². The molecule has 0 fully saturated rings. The van der Waals surface area contributed by atoms with Crippen molar-refractivity contribution in [1.82, 2.24) is 19.7 Å². The minimum Gasteiger partial charge on any atom is -0.322 e. The third-order valence-electron chi connectivity index (χ3n) is 2.91. The van der Waals surface area contributed by atoms with E-state index in [-0.39, 0.29) is 0 Å². The Morgan fingerprint density at radius 2 is 2.00 bits per heavy atom. The first-order valence-electron chi connectivity index (χ1n) is 5.64. The number of rotatable bonds is 1. The number of hydrogen-bond donors (Lipinski definition) is 1. The molecule has 0 radical (unpaired) electrons. The highest BCUT2D eigenvalue weighted by atomic mass is 15.4. The first-order chi connectivity index (χ1) is 8.15. The van der Waals surface area contributed by atoms with Crippen LogP contribution < -0.4 is 0 Å². The average Bonchev–Trinajstić information content (AvgIpc) is 2.82. The molecule has 86 valence electrons. The summed E-state index contributed by atoms with van der Waals surface area (Å²) in [5.74, 6) is 0.778. The Morgan fingerprint density at radius 3 is 2.65 bits per heavy atom. The van der Waals surface area contributed by atoms with Gasteiger partial charge in [-0.2, -0.15) is 5.10 Å². The van der Waals surface area contributed by atoms with E-state index in [2.05, 4.69) is 28.1 Å². The molecule has 0 atom stereocenters. The van der Waals surface area contributed by atoms with Crippen LogP contribution in [0.25, 0.3) is 17.0 Å². The molecule has 0 saturated carbocycles. The zero-order valence-electron chi connectivity index (χ0n) is 10.2. The average molecular weight is 226 g/mol.